The van der Waals surface area contributed by atoms with Gasteiger partial charge in [0, 0.05) is 19.1 Å². The van der Waals surface area contributed by atoms with E-state index in [-0.39, 0.29) is 24.0 Å². The first kappa shape index (κ1) is 23.8. The summed E-state index contributed by atoms with van der Waals surface area (Å²) >= 11 is 0. The maximum absolute atomic E-state index is 12.7. The molecule has 166 valence electrons. The molecular formula is C20H29N3O6S. The van der Waals surface area contributed by atoms with Crippen molar-refractivity contribution in [1.82, 2.24) is 14.9 Å². The molecule has 10 heteroatoms. The Bertz CT molecular complexity index is 874. The lowest BCUT2D eigenvalue weighted by Crippen LogP contribution is -2.47. The van der Waals surface area contributed by atoms with E-state index in [1.807, 2.05) is 6.92 Å². The standard InChI is InChI=1S/C20H29N3O6S/c1-13(2)21-20(26)22-18(24)15(4)29-19(25)16-9-11-23(12-10-16)30(27,28)17-7-5-14(3)6-8-17/h5-8,13,15-16H,9-12H2,1-4H3,(H2,21,22,24,26). The fourth-order valence-corrected chi connectivity index (χ4v) is 4.50. The number of sulfonamides is 1. The Kier molecular flexibility index (Phi) is 7.96. The first-order valence-corrected chi connectivity index (χ1v) is 11.3. The number of nitrogens with one attached hydrogen (secondary N) is 2. The van der Waals surface area contributed by atoms with Crippen LogP contribution in [0.3, 0.4) is 0 Å². The maximum Gasteiger partial charge on any atom is 0.321 e. The molecule has 2 rings (SSSR count). The molecule has 2 N–H and O–H groups in total. The number of hydrogen-bond acceptors (Lipinski definition) is 6. The molecule has 1 fully saturated rings. The number of urea groups is 1. The number of esters is 1. The van der Waals surface area contributed by atoms with E-state index in [4.69, 9.17) is 4.74 Å². The number of piperidine rings is 1. The molecule has 9 nitrogen and oxygen atoms in total. The molecular weight excluding hydrogens is 410 g/mol. The average molecular weight is 440 g/mol. The number of rotatable bonds is 6. The van der Waals surface area contributed by atoms with Gasteiger partial charge in [-0.3, -0.25) is 14.9 Å². The number of aryl methyl sites for hydroxylation is 1. The molecule has 0 aliphatic carbocycles. The lowest BCUT2D eigenvalue weighted by Gasteiger charge is -2.30. The Labute approximate surface area is 177 Å². The lowest BCUT2D eigenvalue weighted by atomic mass is 9.98. The second-order valence-electron chi connectivity index (χ2n) is 7.69. The third-order valence-corrected chi connectivity index (χ3v) is 6.68. The Morgan fingerprint density at radius 2 is 1.63 bits per heavy atom. The van der Waals surface area contributed by atoms with Crippen LogP contribution in [0, 0.1) is 12.8 Å². The van der Waals surface area contributed by atoms with Crippen molar-refractivity contribution in [1.29, 1.82) is 0 Å². The Morgan fingerprint density at radius 1 is 1.07 bits per heavy atom. The summed E-state index contributed by atoms with van der Waals surface area (Å²) in [5, 5.41) is 4.62. The molecule has 0 aromatic heterocycles. The van der Waals surface area contributed by atoms with Gasteiger partial charge in [0.2, 0.25) is 10.0 Å². The minimum absolute atomic E-state index is 0.142. The average Bonchev–Trinajstić information content (AvgIpc) is 2.67. The minimum atomic E-state index is -3.62. The van der Waals surface area contributed by atoms with Crippen LogP contribution in [0.5, 0.6) is 0 Å². The number of ether oxygens (including phenoxy) is 1. The minimum Gasteiger partial charge on any atom is -0.452 e. The van der Waals surface area contributed by atoms with Crippen molar-refractivity contribution < 1.29 is 27.5 Å². The molecule has 1 unspecified atom stereocenters. The first-order valence-electron chi connectivity index (χ1n) is 9.89. The second-order valence-corrected chi connectivity index (χ2v) is 9.63. The predicted octanol–water partition coefficient (Wildman–Crippen LogP) is 1.56. The van der Waals surface area contributed by atoms with E-state index in [2.05, 4.69) is 10.6 Å². The Balaban J connectivity index is 1.87. The van der Waals surface area contributed by atoms with E-state index >= 15 is 0 Å². The zero-order valence-corrected chi connectivity index (χ0v) is 18.5. The molecule has 1 aliphatic rings. The van der Waals surface area contributed by atoms with Crippen LogP contribution in [0.15, 0.2) is 29.2 Å². The van der Waals surface area contributed by atoms with Crippen molar-refractivity contribution >= 4 is 27.9 Å². The lowest BCUT2D eigenvalue weighted by molar-refractivity contribution is -0.159. The van der Waals surface area contributed by atoms with Gasteiger partial charge in [0.05, 0.1) is 10.8 Å². The molecule has 1 aromatic rings. The van der Waals surface area contributed by atoms with E-state index in [0.717, 1.165) is 5.56 Å². The number of hydrogen-bond donors (Lipinski definition) is 2. The van der Waals surface area contributed by atoms with E-state index in [1.165, 1.54) is 11.2 Å². The molecule has 1 heterocycles. The van der Waals surface area contributed by atoms with Crippen molar-refractivity contribution in [2.24, 2.45) is 5.92 Å². The fourth-order valence-electron chi connectivity index (χ4n) is 3.03. The van der Waals surface area contributed by atoms with Gasteiger partial charge in [0.25, 0.3) is 5.91 Å². The summed E-state index contributed by atoms with van der Waals surface area (Å²) in [6.07, 6.45) is -0.539. The molecule has 1 saturated heterocycles. The summed E-state index contributed by atoms with van der Waals surface area (Å²) in [5.41, 5.74) is 0.968. The summed E-state index contributed by atoms with van der Waals surface area (Å²) in [6, 6.07) is 5.82. The number of carbonyl (C=O) groups excluding carboxylic acids is 3. The van der Waals surface area contributed by atoms with Gasteiger partial charge in [0.1, 0.15) is 0 Å². The van der Waals surface area contributed by atoms with Crippen LogP contribution in [0.2, 0.25) is 0 Å². The van der Waals surface area contributed by atoms with Gasteiger partial charge in [0.15, 0.2) is 6.10 Å². The van der Waals surface area contributed by atoms with Gasteiger partial charge in [-0.15, -0.1) is 0 Å². The summed E-state index contributed by atoms with van der Waals surface area (Å²) < 4.78 is 32.0. The maximum atomic E-state index is 12.7. The highest BCUT2D eigenvalue weighted by molar-refractivity contribution is 7.89. The van der Waals surface area contributed by atoms with E-state index in [9.17, 15) is 22.8 Å². The van der Waals surface area contributed by atoms with Gasteiger partial charge in [-0.2, -0.15) is 4.31 Å². The number of imide groups is 1. The largest absolute Gasteiger partial charge is 0.452 e. The van der Waals surface area contributed by atoms with Crippen LogP contribution >= 0.6 is 0 Å². The normalized spacial score (nSPS) is 16.7. The molecule has 0 radical (unpaired) electrons. The third kappa shape index (κ3) is 6.27. The molecule has 0 saturated carbocycles. The van der Waals surface area contributed by atoms with Gasteiger partial charge in [-0.25, -0.2) is 13.2 Å². The Hall–Kier alpha value is -2.46. The molecule has 0 bridgehead atoms. The molecule has 1 aliphatic heterocycles. The van der Waals surface area contributed by atoms with Crippen molar-refractivity contribution in [3.05, 3.63) is 29.8 Å². The first-order chi connectivity index (χ1) is 14.0. The van der Waals surface area contributed by atoms with E-state index < -0.39 is 40.0 Å². The van der Waals surface area contributed by atoms with Gasteiger partial charge in [-0.05, 0) is 52.7 Å². The van der Waals surface area contributed by atoms with Crippen molar-refractivity contribution in [3.8, 4) is 0 Å². The van der Waals surface area contributed by atoms with Crippen LogP contribution in [0.25, 0.3) is 0 Å². The van der Waals surface area contributed by atoms with Gasteiger partial charge >= 0.3 is 12.0 Å². The number of nitrogens with zero attached hydrogens (tertiary/aromatic N) is 1. The highest BCUT2D eigenvalue weighted by Crippen LogP contribution is 2.25. The fraction of sp³-hybridized carbons (Fsp3) is 0.550. The highest BCUT2D eigenvalue weighted by Gasteiger charge is 2.34. The van der Waals surface area contributed by atoms with E-state index in [0.29, 0.717) is 12.8 Å². The van der Waals surface area contributed by atoms with Crippen LogP contribution < -0.4 is 10.6 Å². The zero-order chi connectivity index (χ0) is 22.5. The van der Waals surface area contributed by atoms with Crippen molar-refractivity contribution in [2.75, 3.05) is 13.1 Å². The summed E-state index contributed by atoms with van der Waals surface area (Å²) in [4.78, 5) is 36.1. The van der Waals surface area contributed by atoms with Crippen LogP contribution in [0.4, 0.5) is 4.79 Å². The third-order valence-electron chi connectivity index (χ3n) is 4.76. The highest BCUT2D eigenvalue weighted by atomic mass is 32.2. The number of benzene rings is 1. The summed E-state index contributed by atoms with van der Waals surface area (Å²) in [5.74, 6) is -1.80. The monoisotopic (exact) mass is 439 g/mol. The van der Waals surface area contributed by atoms with Gasteiger partial charge < -0.3 is 10.1 Å². The van der Waals surface area contributed by atoms with Crippen LogP contribution in [0.1, 0.15) is 39.2 Å². The summed E-state index contributed by atoms with van der Waals surface area (Å²) in [7, 11) is -3.62. The van der Waals surface area contributed by atoms with E-state index in [1.54, 1.807) is 38.1 Å². The Morgan fingerprint density at radius 3 is 2.17 bits per heavy atom. The van der Waals surface area contributed by atoms with Crippen molar-refractivity contribution in [2.45, 2.75) is 57.6 Å². The van der Waals surface area contributed by atoms with Crippen LogP contribution in [-0.2, 0) is 24.3 Å². The smallest absolute Gasteiger partial charge is 0.321 e. The predicted molar refractivity (Wildman–Crippen MR) is 110 cm³/mol. The molecule has 3 amide bonds. The van der Waals surface area contributed by atoms with Gasteiger partial charge in [-0.1, -0.05) is 17.7 Å². The molecule has 30 heavy (non-hydrogen) atoms. The number of amides is 3. The second kappa shape index (κ2) is 10.0. The summed E-state index contributed by atoms with van der Waals surface area (Å²) in [6.45, 7) is 7.14. The number of carbonyl (C=O) groups is 3. The topological polar surface area (TPSA) is 122 Å². The SMILES string of the molecule is Cc1ccc(S(=O)(=O)N2CCC(C(=O)OC(C)C(=O)NC(=O)NC(C)C)CC2)cc1. The quantitative estimate of drug-likeness (QED) is 0.649. The van der Waals surface area contributed by atoms with Crippen LogP contribution in [-0.4, -0.2) is 55.9 Å². The zero-order valence-electron chi connectivity index (χ0n) is 17.7. The molecule has 1 aromatic carbocycles. The molecule has 0 spiro atoms. The molecule has 1 atom stereocenters. The van der Waals surface area contributed by atoms with Crippen molar-refractivity contribution in [3.63, 3.8) is 0 Å².